The first kappa shape index (κ1) is 44.1. The Balaban J connectivity index is 0. The fourth-order valence-electron chi connectivity index (χ4n) is 3.18. The van der Waals surface area contributed by atoms with Crippen molar-refractivity contribution in [3.8, 4) is 0 Å². The van der Waals surface area contributed by atoms with E-state index in [9.17, 15) is 4.79 Å². The molecule has 1 fully saturated rings. The third-order valence-corrected chi connectivity index (χ3v) is 5.55. The Morgan fingerprint density at radius 1 is 1.11 bits per heavy atom. The number of piperazine rings is 1. The molecule has 3 rings (SSSR count). The Labute approximate surface area is 286 Å². The topological polar surface area (TPSA) is 105 Å². The Kier molecular flexibility index (Phi) is 28.0. The summed E-state index contributed by atoms with van der Waals surface area (Å²) in [5.41, 5.74) is 4.62. The van der Waals surface area contributed by atoms with Gasteiger partial charge in [-0.1, -0.05) is 86.9 Å². The van der Waals surface area contributed by atoms with Gasteiger partial charge >= 0.3 is 0 Å². The maximum absolute atomic E-state index is 10.2. The second-order valence-corrected chi connectivity index (χ2v) is 13.2. The minimum atomic E-state index is 0.419. The van der Waals surface area contributed by atoms with Crippen LogP contribution in [0.5, 0.6) is 0 Å². The highest BCUT2D eigenvalue weighted by Gasteiger charge is 2.00. The fourth-order valence-corrected chi connectivity index (χ4v) is 3.61. The first-order valence-electron chi connectivity index (χ1n) is 15.2. The van der Waals surface area contributed by atoms with Crippen LogP contribution in [0.4, 0.5) is 11.4 Å². The molecule has 1 aliphatic heterocycles. The Morgan fingerprint density at radius 3 is 2.11 bits per heavy atom. The molecule has 0 bridgehead atoms. The minimum Gasteiger partial charge on any atom is -0.362 e. The molecular weight excluding hydrogens is 650 g/mol. The molecule has 0 radical (unpaired) electrons. The zero-order valence-corrected chi connectivity index (χ0v) is 30.9. The van der Waals surface area contributed by atoms with E-state index in [0.29, 0.717) is 23.2 Å². The van der Waals surface area contributed by atoms with Crippen LogP contribution in [0.1, 0.15) is 59.6 Å². The number of nitrogens with zero attached hydrogens (tertiary/aromatic N) is 2. The second kappa shape index (κ2) is 28.5. The third kappa shape index (κ3) is 29.5. The molecule has 45 heavy (non-hydrogen) atoms. The maximum Gasteiger partial charge on any atom is 0.211 e. The molecule has 1 aliphatic rings. The van der Waals surface area contributed by atoms with Crippen molar-refractivity contribution >= 4 is 57.9 Å². The van der Waals surface area contributed by atoms with E-state index in [1.807, 2.05) is 68.7 Å². The number of aryl methyl sites for hydroxylation is 1. The zero-order valence-electron chi connectivity index (χ0n) is 28.6. The monoisotopic (exact) mass is 705 g/mol. The zero-order chi connectivity index (χ0) is 34.5. The lowest BCUT2D eigenvalue weighted by atomic mass is 10.0. The Hall–Kier alpha value is -2.98. The lowest BCUT2D eigenvalue weighted by molar-refractivity contribution is -0.105. The molecule has 0 spiro atoms. The first-order chi connectivity index (χ1) is 21.3. The summed E-state index contributed by atoms with van der Waals surface area (Å²) in [7, 11) is 1.76. The van der Waals surface area contributed by atoms with Gasteiger partial charge in [0.15, 0.2) is 0 Å². The van der Waals surface area contributed by atoms with Gasteiger partial charge in [0.2, 0.25) is 6.41 Å². The number of aliphatic imine (C=N–C) groups is 1. The summed E-state index contributed by atoms with van der Waals surface area (Å²) in [5, 5.41) is 20.1. The van der Waals surface area contributed by atoms with Crippen LogP contribution in [-0.2, 0) is 17.8 Å². The van der Waals surface area contributed by atoms with E-state index in [-0.39, 0.29) is 0 Å². The van der Waals surface area contributed by atoms with E-state index in [2.05, 4.69) is 83.4 Å². The van der Waals surface area contributed by atoms with Crippen molar-refractivity contribution in [2.45, 2.75) is 66.3 Å². The molecule has 0 aromatic heterocycles. The number of halogens is 2. The van der Waals surface area contributed by atoms with Crippen LogP contribution < -0.4 is 21.3 Å². The van der Waals surface area contributed by atoms with Crippen LogP contribution in [0, 0.1) is 10.8 Å². The second-order valence-electron chi connectivity index (χ2n) is 11.3. The molecule has 1 unspecified atom stereocenters. The Morgan fingerprint density at radius 2 is 1.71 bits per heavy atom. The summed E-state index contributed by atoms with van der Waals surface area (Å²) in [6, 6.07) is 13.3. The number of alkyl halides is 1. The largest absolute Gasteiger partial charge is 0.362 e. The van der Waals surface area contributed by atoms with Crippen LogP contribution in [0.3, 0.4) is 0 Å². The highest BCUT2D eigenvalue weighted by molar-refractivity contribution is 9.09. The summed E-state index contributed by atoms with van der Waals surface area (Å²) >= 11 is 9.17. The molecule has 1 heterocycles. The van der Waals surface area contributed by atoms with Crippen LogP contribution in [0.25, 0.3) is 0 Å². The fraction of sp³-hybridized carbons (Fsp3) is 0.457. The van der Waals surface area contributed by atoms with Crippen LogP contribution in [0.15, 0.2) is 72.5 Å². The molecular formula is C35H57BrClN7O. The van der Waals surface area contributed by atoms with Gasteiger partial charge in [-0.3, -0.25) is 15.2 Å². The van der Waals surface area contributed by atoms with Crippen molar-refractivity contribution in [3.63, 3.8) is 0 Å². The van der Waals surface area contributed by atoms with Crippen molar-refractivity contribution < 1.29 is 4.79 Å². The number of benzene rings is 2. The van der Waals surface area contributed by atoms with Gasteiger partial charge < -0.3 is 26.2 Å². The molecule has 252 valence electrons. The number of hydrogen-bond donors (Lipinski definition) is 5. The smallest absolute Gasteiger partial charge is 0.211 e. The predicted octanol–water partition coefficient (Wildman–Crippen LogP) is 8.36. The van der Waals surface area contributed by atoms with E-state index in [4.69, 9.17) is 17.0 Å². The average Bonchev–Trinajstić information content (AvgIpc) is 3.00. The number of anilines is 2. The van der Waals surface area contributed by atoms with E-state index in [0.717, 1.165) is 54.6 Å². The first-order valence-corrected chi connectivity index (χ1v) is 16.5. The molecule has 0 saturated carbocycles. The highest BCUT2D eigenvalue weighted by Crippen LogP contribution is 2.21. The molecule has 0 aliphatic carbocycles. The summed E-state index contributed by atoms with van der Waals surface area (Å²) in [4.78, 5) is 16.1. The van der Waals surface area contributed by atoms with Crippen LogP contribution >= 0.6 is 27.5 Å². The van der Waals surface area contributed by atoms with Crippen molar-refractivity contribution in [2.75, 3.05) is 43.9 Å². The standard InChI is InChI=1S/C11H14ClN.C11H13N3O.C5H12.C4H8BrN.C4H10N2/c1-3-7-13-11-6-5-10(12)8-9(11)4-2;1-2-14(8-12)7-10-4-3-5-11(6-10)13-9-15;1-5(2,3)4;1-4(5)3-6-2;1-2-6-4-3-5-1/h3,5-8,13H,4H2,1-2H3;2-6,8-9,12H,1,7H2,(H,13,15);1-4H3;3-4H,1-2H3;5-6H,1-4H2/b7-3+;;;;. The molecule has 2 aromatic carbocycles. The van der Waals surface area contributed by atoms with E-state index in [1.165, 1.54) is 11.9 Å². The average molecular weight is 707 g/mol. The molecule has 5 N–H and O–H groups in total. The van der Waals surface area contributed by atoms with E-state index in [1.54, 1.807) is 24.2 Å². The number of carbonyl (C=O) groups is 1. The lowest BCUT2D eigenvalue weighted by Gasteiger charge is -2.13. The maximum atomic E-state index is 10.2. The van der Waals surface area contributed by atoms with E-state index < -0.39 is 0 Å². The summed E-state index contributed by atoms with van der Waals surface area (Å²) < 4.78 is 0. The molecule has 8 nitrogen and oxygen atoms in total. The van der Waals surface area contributed by atoms with Gasteiger partial charge in [-0.05, 0) is 79.5 Å². The predicted molar refractivity (Wildman–Crippen MR) is 204 cm³/mol. The number of rotatable bonds is 10. The molecule has 10 heteroatoms. The van der Waals surface area contributed by atoms with Gasteiger partial charge in [-0.2, -0.15) is 0 Å². The van der Waals surface area contributed by atoms with Crippen molar-refractivity contribution in [3.05, 3.63) is 83.7 Å². The molecule has 2 aromatic rings. The van der Waals surface area contributed by atoms with Crippen LogP contribution in [-0.4, -0.2) is 61.9 Å². The number of amides is 1. The van der Waals surface area contributed by atoms with Gasteiger partial charge in [0.25, 0.3) is 0 Å². The molecule has 1 saturated heterocycles. The minimum absolute atomic E-state index is 0.419. The quantitative estimate of drug-likeness (QED) is 0.0740. The van der Waals surface area contributed by atoms with Gasteiger partial charge in [-0.15, -0.1) is 0 Å². The van der Waals surface area contributed by atoms with Crippen molar-refractivity contribution in [1.82, 2.24) is 15.5 Å². The van der Waals surface area contributed by atoms with Crippen LogP contribution in [0.2, 0.25) is 5.02 Å². The highest BCUT2D eigenvalue weighted by atomic mass is 79.9. The molecule has 1 atom stereocenters. The lowest BCUT2D eigenvalue weighted by Crippen LogP contribution is -2.39. The third-order valence-electron chi connectivity index (χ3n) is 5.08. The normalized spacial score (nSPS) is 12.8. The summed E-state index contributed by atoms with van der Waals surface area (Å²) in [6.07, 6.45) is 10.1. The SMILES string of the molecule is C/C=C/Nc1ccc(Cl)cc1CC.C1CNCCN1.C=CN(C=N)Cc1cccc(NC=O)c1.CC(C)(C)C.CN=CC(C)Br. The van der Waals surface area contributed by atoms with Crippen molar-refractivity contribution in [2.24, 2.45) is 10.4 Å². The summed E-state index contributed by atoms with van der Waals surface area (Å²) in [6.45, 7) is 23.6. The van der Waals surface area contributed by atoms with E-state index >= 15 is 0 Å². The Bertz CT molecular complexity index is 1090. The number of hydrogen-bond acceptors (Lipinski definition) is 6. The molecule has 1 amide bonds. The van der Waals surface area contributed by atoms with Gasteiger partial charge in [0.05, 0.1) is 6.34 Å². The van der Waals surface area contributed by atoms with Gasteiger partial charge in [0, 0.05) is 67.2 Å². The summed E-state index contributed by atoms with van der Waals surface area (Å²) in [5.74, 6) is 0. The number of allylic oxidation sites excluding steroid dienone is 1. The number of carbonyl (C=O) groups excluding carboxylic acids is 1. The van der Waals surface area contributed by atoms with Crippen molar-refractivity contribution in [1.29, 1.82) is 5.41 Å². The van der Waals surface area contributed by atoms with Gasteiger partial charge in [-0.25, -0.2) is 0 Å². The number of nitrogens with one attached hydrogen (secondary N) is 5. The van der Waals surface area contributed by atoms with Gasteiger partial charge in [0.1, 0.15) is 0 Å².